The van der Waals surface area contributed by atoms with Crippen LogP contribution in [-0.2, 0) is 0 Å². The van der Waals surface area contributed by atoms with Crippen molar-refractivity contribution < 1.29 is 0 Å². The summed E-state index contributed by atoms with van der Waals surface area (Å²) in [5.41, 5.74) is 0. The number of hydrogen-bond acceptors (Lipinski definition) is 0. The molecule has 0 nitrogen and oxygen atoms in total. The molecule has 6 atom stereocenters. The Morgan fingerprint density at radius 2 is 1.15 bits per heavy atom. The van der Waals surface area contributed by atoms with Crippen LogP contribution in [-0.4, -0.2) is 19.8 Å². The molecular weight excluding hydrogens is 431 g/mol. The quantitative estimate of drug-likeness (QED) is 0.401. The van der Waals surface area contributed by atoms with Crippen molar-refractivity contribution in [2.24, 2.45) is 35.5 Å². The normalized spacial score (nSPS) is 36.1. The first-order valence-corrected chi connectivity index (χ1v) is 17.4. The summed E-state index contributed by atoms with van der Waals surface area (Å²) in [7, 11) is 0. The van der Waals surface area contributed by atoms with Crippen LogP contribution in [0.2, 0.25) is 7.87 Å². The summed E-state index contributed by atoms with van der Waals surface area (Å²) >= 11 is -1.99. The van der Waals surface area contributed by atoms with Crippen LogP contribution in [0.15, 0.2) is 30.3 Å². The minimum atomic E-state index is -1.99. The Labute approximate surface area is 176 Å². The fraction of sp³-hybridized carbons (Fsp3) is 0.769. The molecule has 0 N–H and O–H groups in total. The molecule has 152 valence electrons. The van der Waals surface area contributed by atoms with Crippen LogP contribution in [0.25, 0.3) is 0 Å². The van der Waals surface area contributed by atoms with Crippen LogP contribution >= 0.6 is 0 Å². The number of benzene rings is 1. The van der Waals surface area contributed by atoms with Gasteiger partial charge in [0.15, 0.2) is 0 Å². The second kappa shape index (κ2) is 9.68. The van der Waals surface area contributed by atoms with Crippen molar-refractivity contribution in [2.45, 2.75) is 87.9 Å². The van der Waals surface area contributed by atoms with Crippen molar-refractivity contribution in [2.75, 3.05) is 0 Å². The van der Waals surface area contributed by atoms with Crippen molar-refractivity contribution in [1.82, 2.24) is 0 Å². The van der Waals surface area contributed by atoms with Gasteiger partial charge in [0.05, 0.1) is 0 Å². The van der Waals surface area contributed by atoms with Gasteiger partial charge in [0.25, 0.3) is 0 Å². The zero-order chi connectivity index (χ0) is 19.6. The second-order valence-electron chi connectivity index (χ2n) is 10.9. The van der Waals surface area contributed by atoms with Crippen molar-refractivity contribution in [3.8, 4) is 0 Å². The average Bonchev–Trinajstić information content (AvgIpc) is 2.62. The first-order chi connectivity index (χ1) is 12.9. The van der Waals surface area contributed by atoms with Crippen LogP contribution in [0.1, 0.15) is 80.1 Å². The van der Waals surface area contributed by atoms with Crippen molar-refractivity contribution in [1.29, 1.82) is 0 Å². The van der Waals surface area contributed by atoms with Gasteiger partial charge in [-0.05, 0) is 0 Å². The molecule has 3 rings (SSSR count). The first kappa shape index (κ1) is 21.7. The third-order valence-corrected chi connectivity index (χ3v) is 21.2. The summed E-state index contributed by atoms with van der Waals surface area (Å²) < 4.78 is 4.01. The standard InChI is InChI=1S/2C10H19.C6H5.Sn.H/c2*1-8(2)10-6-4-9(3)5-7-10;1-2-4-6-5-3-1;;/h2*6,8-10H,4-5,7H2,1-3H3;1-5H;;/t2*9-,10?;;;/m00.../s1. The van der Waals surface area contributed by atoms with Crippen LogP contribution in [0.3, 0.4) is 0 Å². The summed E-state index contributed by atoms with van der Waals surface area (Å²) in [6, 6.07) is 12.0. The molecule has 0 saturated heterocycles. The molecule has 1 heteroatoms. The summed E-state index contributed by atoms with van der Waals surface area (Å²) in [6.07, 6.45) is 9.02. The minimum absolute atomic E-state index is 0.865. The fourth-order valence-corrected chi connectivity index (χ4v) is 24.4. The molecule has 0 spiro atoms. The average molecular weight is 475 g/mol. The van der Waals surface area contributed by atoms with Gasteiger partial charge >= 0.3 is 177 Å². The summed E-state index contributed by atoms with van der Waals surface area (Å²) in [5, 5.41) is 0. The van der Waals surface area contributed by atoms with E-state index in [0.717, 1.165) is 43.4 Å². The molecule has 2 fully saturated rings. The molecule has 4 unspecified atom stereocenters. The summed E-state index contributed by atoms with van der Waals surface area (Å²) in [6.45, 7) is 15.2. The zero-order valence-electron chi connectivity index (χ0n) is 18.8. The molecule has 0 amide bonds. The Hall–Kier alpha value is 0.0187. The maximum absolute atomic E-state index is 2.55. The van der Waals surface area contributed by atoms with Crippen LogP contribution in [0, 0.1) is 35.5 Å². The van der Waals surface area contributed by atoms with Gasteiger partial charge in [0.2, 0.25) is 0 Å². The molecule has 0 aromatic heterocycles. The van der Waals surface area contributed by atoms with E-state index in [0.29, 0.717) is 0 Å². The van der Waals surface area contributed by atoms with Gasteiger partial charge in [-0.3, -0.25) is 0 Å². The Morgan fingerprint density at radius 1 is 0.704 bits per heavy atom. The first-order valence-electron chi connectivity index (χ1n) is 11.9. The molecule has 0 heterocycles. The van der Waals surface area contributed by atoms with Crippen LogP contribution in [0.4, 0.5) is 0 Å². The van der Waals surface area contributed by atoms with Crippen molar-refractivity contribution in [3.63, 3.8) is 0 Å². The fourth-order valence-electron chi connectivity index (χ4n) is 6.87. The molecule has 0 aliphatic heterocycles. The Kier molecular flexibility index (Phi) is 7.79. The van der Waals surface area contributed by atoms with Gasteiger partial charge in [-0.25, -0.2) is 0 Å². The van der Waals surface area contributed by atoms with Crippen molar-refractivity contribution >= 4 is 23.3 Å². The van der Waals surface area contributed by atoms with E-state index < -0.39 is 19.8 Å². The molecule has 0 radical (unpaired) electrons. The van der Waals surface area contributed by atoms with E-state index in [1.165, 1.54) is 38.5 Å². The van der Waals surface area contributed by atoms with E-state index in [9.17, 15) is 0 Å². The van der Waals surface area contributed by atoms with E-state index in [-0.39, 0.29) is 0 Å². The Bertz CT molecular complexity index is 531. The summed E-state index contributed by atoms with van der Waals surface area (Å²) in [5.74, 6) is 5.62. The number of rotatable bonds is 5. The van der Waals surface area contributed by atoms with Gasteiger partial charge in [-0.1, -0.05) is 0 Å². The zero-order valence-corrected chi connectivity index (χ0v) is 22.1. The molecule has 27 heavy (non-hydrogen) atoms. The van der Waals surface area contributed by atoms with Gasteiger partial charge in [-0.15, -0.1) is 0 Å². The molecular formula is C26H44Sn. The van der Waals surface area contributed by atoms with Gasteiger partial charge < -0.3 is 0 Å². The predicted octanol–water partition coefficient (Wildman–Crippen LogP) is 7.05. The second-order valence-corrected chi connectivity index (χ2v) is 20.7. The van der Waals surface area contributed by atoms with E-state index in [1.54, 1.807) is 0 Å². The van der Waals surface area contributed by atoms with Crippen LogP contribution in [0.5, 0.6) is 0 Å². The predicted molar refractivity (Wildman–Crippen MR) is 123 cm³/mol. The number of hydrogen-bond donors (Lipinski definition) is 0. The molecule has 2 aliphatic carbocycles. The maximum atomic E-state index is 2.55. The van der Waals surface area contributed by atoms with Crippen LogP contribution < -0.4 is 3.58 Å². The van der Waals surface area contributed by atoms with Gasteiger partial charge in [0.1, 0.15) is 0 Å². The Morgan fingerprint density at radius 3 is 1.56 bits per heavy atom. The Balaban J connectivity index is 2.02. The molecule has 2 aliphatic rings. The third kappa shape index (κ3) is 5.14. The van der Waals surface area contributed by atoms with E-state index in [2.05, 4.69) is 71.9 Å². The van der Waals surface area contributed by atoms with Crippen molar-refractivity contribution in [3.05, 3.63) is 30.3 Å². The third-order valence-electron chi connectivity index (χ3n) is 8.25. The molecule has 1 aromatic carbocycles. The van der Waals surface area contributed by atoms with Gasteiger partial charge in [-0.2, -0.15) is 0 Å². The molecule has 0 bridgehead atoms. The van der Waals surface area contributed by atoms with Gasteiger partial charge in [0, 0.05) is 0 Å². The van der Waals surface area contributed by atoms with E-state index in [4.69, 9.17) is 0 Å². The SMILES string of the molecule is CC(C)C1CC[C@@H](C)C[CH]1[SnH]([c]1ccccc1)[CH]1C[C@H](C)CCC1C(C)C. The molecule has 1 aromatic rings. The van der Waals surface area contributed by atoms with E-state index >= 15 is 0 Å². The summed E-state index contributed by atoms with van der Waals surface area (Å²) in [4.78, 5) is 0. The van der Waals surface area contributed by atoms with E-state index in [1.807, 2.05) is 3.58 Å². The topological polar surface area (TPSA) is 0 Å². The molecule has 2 saturated carbocycles. The monoisotopic (exact) mass is 476 g/mol.